The van der Waals surface area contributed by atoms with E-state index in [9.17, 15) is 13.6 Å². The molecule has 0 N–H and O–H groups in total. The average molecular weight is 327 g/mol. The van der Waals surface area contributed by atoms with Crippen LogP contribution in [0.1, 0.15) is 31.9 Å². The maximum atomic E-state index is 14.4. The third-order valence-corrected chi connectivity index (χ3v) is 3.28. The SMILES string of the molecule is CCOC(=O)C(F)(F)c1cc(C2=NC(C)(C)CO2)ccc1OC. The zero-order valence-electron chi connectivity index (χ0n) is 13.5. The van der Waals surface area contributed by atoms with Crippen LogP contribution < -0.4 is 4.74 Å². The van der Waals surface area contributed by atoms with Crippen LogP contribution in [0.2, 0.25) is 0 Å². The summed E-state index contributed by atoms with van der Waals surface area (Å²) < 4.78 is 43.6. The number of benzene rings is 1. The molecule has 7 heteroatoms. The minimum absolute atomic E-state index is 0.107. The fourth-order valence-electron chi connectivity index (χ4n) is 2.15. The highest BCUT2D eigenvalue weighted by Gasteiger charge is 2.45. The quantitative estimate of drug-likeness (QED) is 0.780. The minimum atomic E-state index is -3.83. The Bertz CT molecular complexity index is 641. The number of carbonyl (C=O) groups excluding carboxylic acids is 1. The lowest BCUT2D eigenvalue weighted by molar-refractivity contribution is -0.173. The molecule has 1 heterocycles. The first-order valence-electron chi connectivity index (χ1n) is 7.18. The van der Waals surface area contributed by atoms with Crippen molar-refractivity contribution in [2.24, 2.45) is 4.99 Å². The van der Waals surface area contributed by atoms with Gasteiger partial charge in [0, 0.05) is 5.56 Å². The van der Waals surface area contributed by atoms with Crippen molar-refractivity contribution in [3.05, 3.63) is 29.3 Å². The van der Waals surface area contributed by atoms with Gasteiger partial charge in [-0.25, -0.2) is 9.79 Å². The van der Waals surface area contributed by atoms with Crippen molar-refractivity contribution in [2.75, 3.05) is 20.3 Å². The number of methoxy groups -OCH3 is 1. The maximum absolute atomic E-state index is 14.4. The summed E-state index contributed by atoms with van der Waals surface area (Å²) in [6.45, 7) is 5.43. The van der Waals surface area contributed by atoms with Crippen molar-refractivity contribution < 1.29 is 27.8 Å². The number of esters is 1. The van der Waals surface area contributed by atoms with E-state index in [0.717, 1.165) is 6.07 Å². The highest BCUT2D eigenvalue weighted by Crippen LogP contribution is 2.37. The van der Waals surface area contributed by atoms with Crippen molar-refractivity contribution in [1.82, 2.24) is 0 Å². The van der Waals surface area contributed by atoms with Gasteiger partial charge in [0.25, 0.3) is 0 Å². The Morgan fingerprint density at radius 3 is 2.65 bits per heavy atom. The summed E-state index contributed by atoms with van der Waals surface area (Å²) in [7, 11) is 1.26. The average Bonchev–Trinajstić information content (AvgIpc) is 2.87. The van der Waals surface area contributed by atoms with Crippen molar-refractivity contribution in [3.8, 4) is 5.75 Å². The Kier molecular flexibility index (Phi) is 4.58. The molecule has 0 saturated heterocycles. The smallest absolute Gasteiger partial charge is 0.382 e. The highest BCUT2D eigenvalue weighted by molar-refractivity contribution is 5.96. The Hall–Kier alpha value is -2.18. The van der Waals surface area contributed by atoms with E-state index in [-0.39, 0.29) is 18.3 Å². The maximum Gasteiger partial charge on any atom is 0.382 e. The first-order chi connectivity index (χ1) is 10.7. The van der Waals surface area contributed by atoms with Crippen LogP contribution in [-0.4, -0.2) is 37.7 Å². The van der Waals surface area contributed by atoms with Gasteiger partial charge in [-0.1, -0.05) is 0 Å². The van der Waals surface area contributed by atoms with Crippen molar-refractivity contribution in [3.63, 3.8) is 0 Å². The molecule has 126 valence electrons. The molecule has 5 nitrogen and oxygen atoms in total. The molecule has 1 aromatic rings. The van der Waals surface area contributed by atoms with Gasteiger partial charge in [-0.2, -0.15) is 8.78 Å². The fourth-order valence-corrected chi connectivity index (χ4v) is 2.15. The van der Waals surface area contributed by atoms with E-state index in [1.807, 2.05) is 13.8 Å². The number of aliphatic imine (C=N–C) groups is 1. The molecule has 1 aliphatic heterocycles. The van der Waals surface area contributed by atoms with Gasteiger partial charge in [0.15, 0.2) is 0 Å². The molecule has 0 amide bonds. The number of ether oxygens (including phenoxy) is 3. The molecule has 1 aliphatic rings. The lowest BCUT2D eigenvalue weighted by Gasteiger charge is -2.18. The number of nitrogens with zero attached hydrogens (tertiary/aromatic N) is 1. The van der Waals surface area contributed by atoms with Gasteiger partial charge in [0.2, 0.25) is 5.90 Å². The van der Waals surface area contributed by atoms with E-state index in [4.69, 9.17) is 9.47 Å². The summed E-state index contributed by atoms with van der Waals surface area (Å²) in [5.41, 5.74) is -0.638. The second-order valence-electron chi connectivity index (χ2n) is 5.73. The molecule has 1 aromatic carbocycles. The third kappa shape index (κ3) is 3.43. The minimum Gasteiger partial charge on any atom is -0.496 e. The molecular weight excluding hydrogens is 308 g/mol. The van der Waals surface area contributed by atoms with Gasteiger partial charge in [0.1, 0.15) is 12.4 Å². The van der Waals surface area contributed by atoms with Gasteiger partial charge in [-0.05, 0) is 39.0 Å². The standard InChI is InChI=1S/C16H19F2NO4/c1-5-22-14(20)16(17,18)11-8-10(6-7-12(11)21-4)13-19-15(2,3)9-23-13/h6-8H,5,9H2,1-4H3. The van der Waals surface area contributed by atoms with Crippen molar-refractivity contribution in [2.45, 2.75) is 32.2 Å². The van der Waals surface area contributed by atoms with Crippen LogP contribution in [0.15, 0.2) is 23.2 Å². The van der Waals surface area contributed by atoms with Crippen LogP contribution in [0.3, 0.4) is 0 Å². The Labute approximate surface area is 133 Å². The van der Waals surface area contributed by atoms with Gasteiger partial charge in [-0.3, -0.25) is 0 Å². The molecule has 23 heavy (non-hydrogen) atoms. The lowest BCUT2D eigenvalue weighted by atomic mass is 10.0. The van der Waals surface area contributed by atoms with Crippen LogP contribution in [-0.2, 0) is 20.2 Å². The molecule has 2 rings (SSSR count). The van der Waals surface area contributed by atoms with Gasteiger partial charge in [0.05, 0.1) is 24.8 Å². The lowest BCUT2D eigenvalue weighted by Crippen LogP contribution is -2.29. The molecule has 0 spiro atoms. The highest BCUT2D eigenvalue weighted by atomic mass is 19.3. The van der Waals surface area contributed by atoms with Crippen LogP contribution >= 0.6 is 0 Å². The predicted molar refractivity (Wildman–Crippen MR) is 80.1 cm³/mol. The summed E-state index contributed by atoms with van der Waals surface area (Å²) in [6.07, 6.45) is 0. The number of halogens is 2. The third-order valence-electron chi connectivity index (χ3n) is 3.28. The second-order valence-corrected chi connectivity index (χ2v) is 5.73. The molecule has 0 unspecified atom stereocenters. The Morgan fingerprint density at radius 1 is 1.43 bits per heavy atom. The summed E-state index contributed by atoms with van der Waals surface area (Å²) in [5, 5.41) is 0. The first-order valence-corrected chi connectivity index (χ1v) is 7.18. The summed E-state index contributed by atoms with van der Waals surface area (Å²) in [5.74, 6) is -5.29. The van der Waals surface area contributed by atoms with Gasteiger partial charge >= 0.3 is 11.9 Å². The zero-order valence-corrected chi connectivity index (χ0v) is 13.5. The summed E-state index contributed by atoms with van der Waals surface area (Å²) in [6, 6.07) is 4.06. The number of hydrogen-bond acceptors (Lipinski definition) is 5. The number of carbonyl (C=O) groups is 1. The van der Waals surface area contributed by atoms with Crippen molar-refractivity contribution >= 4 is 11.9 Å². The number of rotatable bonds is 5. The largest absolute Gasteiger partial charge is 0.496 e. The monoisotopic (exact) mass is 327 g/mol. The van der Waals surface area contributed by atoms with Gasteiger partial charge < -0.3 is 14.2 Å². The van der Waals surface area contributed by atoms with E-state index in [0.29, 0.717) is 12.2 Å². The molecule has 0 atom stereocenters. The van der Waals surface area contributed by atoms with E-state index in [2.05, 4.69) is 9.73 Å². The normalized spacial score (nSPS) is 16.5. The fraction of sp³-hybridized carbons (Fsp3) is 0.500. The molecular formula is C16H19F2NO4. The Morgan fingerprint density at radius 2 is 2.13 bits per heavy atom. The molecule has 0 fully saturated rings. The van der Waals surface area contributed by atoms with Crippen LogP contribution in [0, 0.1) is 0 Å². The second kappa shape index (κ2) is 6.14. The topological polar surface area (TPSA) is 57.1 Å². The van der Waals surface area contributed by atoms with Crippen LogP contribution in [0.25, 0.3) is 0 Å². The van der Waals surface area contributed by atoms with Crippen molar-refractivity contribution in [1.29, 1.82) is 0 Å². The van der Waals surface area contributed by atoms with Crippen LogP contribution in [0.4, 0.5) is 8.78 Å². The van der Waals surface area contributed by atoms with E-state index >= 15 is 0 Å². The number of hydrogen-bond donors (Lipinski definition) is 0. The zero-order chi connectivity index (χ0) is 17.3. The summed E-state index contributed by atoms with van der Waals surface area (Å²) >= 11 is 0. The Balaban J connectivity index is 2.47. The molecule has 0 aromatic heterocycles. The van der Waals surface area contributed by atoms with Crippen LogP contribution in [0.5, 0.6) is 5.75 Å². The van der Waals surface area contributed by atoms with Gasteiger partial charge in [-0.15, -0.1) is 0 Å². The molecule has 0 radical (unpaired) electrons. The molecule has 0 saturated carbocycles. The predicted octanol–water partition coefficient (Wildman–Crippen LogP) is 2.91. The summed E-state index contributed by atoms with van der Waals surface area (Å²) in [4.78, 5) is 15.9. The molecule has 0 aliphatic carbocycles. The molecule has 0 bridgehead atoms. The first kappa shape index (κ1) is 17.2. The van der Waals surface area contributed by atoms with E-state index in [1.54, 1.807) is 6.07 Å². The number of alkyl halides is 2. The van der Waals surface area contributed by atoms with E-state index < -0.39 is 23.0 Å². The van der Waals surface area contributed by atoms with E-state index in [1.165, 1.54) is 20.1 Å².